The van der Waals surface area contributed by atoms with Crippen molar-refractivity contribution in [2.45, 2.75) is 37.8 Å². The van der Waals surface area contributed by atoms with E-state index in [-0.39, 0.29) is 18.3 Å². The van der Waals surface area contributed by atoms with Gasteiger partial charge in [0.05, 0.1) is 24.6 Å². The highest BCUT2D eigenvalue weighted by Crippen LogP contribution is 2.36. The lowest BCUT2D eigenvalue weighted by atomic mass is 9.90. The highest BCUT2D eigenvalue weighted by Gasteiger charge is 2.25. The quantitative estimate of drug-likeness (QED) is 0.415. The Morgan fingerprint density at radius 1 is 1.19 bits per heavy atom. The predicted octanol–water partition coefficient (Wildman–Crippen LogP) is 5.14. The van der Waals surface area contributed by atoms with Gasteiger partial charge in [0.25, 0.3) is 5.91 Å². The smallest absolute Gasteiger partial charge is 0.273 e. The fourth-order valence-electron chi connectivity index (χ4n) is 4.80. The van der Waals surface area contributed by atoms with E-state index in [9.17, 15) is 9.18 Å². The number of halogens is 1. The molecule has 1 aliphatic rings. The number of nitriles is 1. The van der Waals surface area contributed by atoms with Gasteiger partial charge in [-0.1, -0.05) is 24.8 Å². The third kappa shape index (κ3) is 5.89. The lowest BCUT2D eigenvalue weighted by Crippen LogP contribution is -2.42. The Balaban J connectivity index is 1.61. The van der Waals surface area contributed by atoms with Crippen LogP contribution in [0.5, 0.6) is 5.75 Å². The van der Waals surface area contributed by atoms with Gasteiger partial charge in [-0.3, -0.25) is 4.79 Å². The van der Waals surface area contributed by atoms with Crippen LogP contribution in [0.25, 0.3) is 22.0 Å². The molecule has 3 aromatic rings. The van der Waals surface area contributed by atoms with Crippen molar-refractivity contribution in [3.8, 4) is 23.1 Å². The summed E-state index contributed by atoms with van der Waals surface area (Å²) in [5.74, 6) is -0.526. The Hall–Kier alpha value is -3.96. The monoisotopic (exact) mass is 501 g/mol. The molecule has 1 amide bonds. The third-order valence-electron chi connectivity index (χ3n) is 6.96. The number of carbonyl (C=O) groups excluding carboxylic acids is 1. The van der Waals surface area contributed by atoms with Gasteiger partial charge in [-0.2, -0.15) is 5.26 Å². The van der Waals surface area contributed by atoms with E-state index in [2.05, 4.69) is 41.2 Å². The van der Waals surface area contributed by atoms with Gasteiger partial charge in [0, 0.05) is 35.2 Å². The maximum Gasteiger partial charge on any atom is 0.273 e. The van der Waals surface area contributed by atoms with Crippen LogP contribution in [0.15, 0.2) is 54.6 Å². The first kappa shape index (κ1) is 26.1. The molecule has 0 radical (unpaired) electrons. The third-order valence-corrected chi connectivity index (χ3v) is 6.96. The van der Waals surface area contributed by atoms with Crippen LogP contribution in [-0.4, -0.2) is 55.6 Å². The number of carbonyl (C=O) groups is 1. The van der Waals surface area contributed by atoms with E-state index in [1.54, 1.807) is 13.2 Å². The molecule has 7 nitrogen and oxygen atoms in total. The second-order valence-corrected chi connectivity index (χ2v) is 9.62. The molecule has 1 fully saturated rings. The zero-order valence-electron chi connectivity index (χ0n) is 21.5. The molecule has 2 aromatic carbocycles. The first-order valence-corrected chi connectivity index (χ1v) is 12.4. The van der Waals surface area contributed by atoms with Crippen molar-refractivity contribution in [3.05, 3.63) is 66.1 Å². The Kier molecular flexibility index (Phi) is 8.04. The topological polar surface area (TPSA) is 90.3 Å². The molecule has 1 heterocycles. The van der Waals surface area contributed by atoms with Crippen LogP contribution >= 0.6 is 0 Å². The number of benzene rings is 2. The highest BCUT2D eigenvalue weighted by molar-refractivity contribution is 5.99. The largest absolute Gasteiger partial charge is 0.495 e. The molecular weight excluding hydrogens is 469 g/mol. The number of nitrogens with one attached hydrogen (secondary N) is 2. The Labute approximate surface area is 216 Å². The first-order chi connectivity index (χ1) is 17.8. The van der Waals surface area contributed by atoms with Gasteiger partial charge in [-0.25, -0.2) is 9.37 Å². The average molecular weight is 502 g/mol. The Morgan fingerprint density at radius 2 is 1.92 bits per heavy atom. The van der Waals surface area contributed by atoms with E-state index in [0.717, 1.165) is 42.0 Å². The lowest BCUT2D eigenvalue weighted by Gasteiger charge is -2.32. The molecule has 2 N–H and O–H groups in total. The standard InChI is InChI=1S/C29H32FN5O2/c1-18(16-31)17-32-27-23-15-20(6-5-19(23)7-14-26(27)37-4)25-13-12-24(30)28(34-25)29(36)33-21-8-10-22(11-9-21)35(2)3/h5-7,12-15,21-22,32H,1,8-11,17H2,2-4H3,(H,33,36). The van der Waals surface area contributed by atoms with Crippen LogP contribution in [0.1, 0.15) is 36.2 Å². The molecule has 1 saturated carbocycles. The zero-order chi connectivity index (χ0) is 26.5. The number of fused-ring (bicyclic) bond motifs is 1. The van der Waals surface area contributed by atoms with E-state index in [0.29, 0.717) is 28.7 Å². The van der Waals surface area contributed by atoms with E-state index in [4.69, 9.17) is 10.00 Å². The molecule has 0 aliphatic heterocycles. The van der Waals surface area contributed by atoms with E-state index < -0.39 is 11.7 Å². The first-order valence-electron chi connectivity index (χ1n) is 12.4. The summed E-state index contributed by atoms with van der Waals surface area (Å²) < 4.78 is 20.2. The van der Waals surface area contributed by atoms with Gasteiger partial charge in [0.1, 0.15) is 5.75 Å². The minimum Gasteiger partial charge on any atom is -0.495 e. The van der Waals surface area contributed by atoms with Gasteiger partial charge in [-0.05, 0) is 69.4 Å². The molecular formula is C29H32FN5O2. The SMILES string of the molecule is C=C(C#N)CNc1c(OC)ccc2ccc(-c3ccc(F)c(C(=O)NC4CCC(N(C)C)CC4)n3)cc12. The molecule has 37 heavy (non-hydrogen) atoms. The molecule has 0 unspecified atom stereocenters. The zero-order valence-corrected chi connectivity index (χ0v) is 21.5. The number of aromatic nitrogens is 1. The van der Waals surface area contributed by atoms with Gasteiger partial charge in [-0.15, -0.1) is 0 Å². The molecule has 4 rings (SSSR count). The van der Waals surface area contributed by atoms with Gasteiger partial charge < -0.3 is 20.3 Å². The fraction of sp³-hybridized carbons (Fsp3) is 0.345. The number of nitrogens with zero attached hydrogens (tertiary/aromatic N) is 3. The van der Waals surface area contributed by atoms with Gasteiger partial charge >= 0.3 is 0 Å². The highest BCUT2D eigenvalue weighted by atomic mass is 19.1. The van der Waals surface area contributed by atoms with Crippen LogP contribution in [0.4, 0.5) is 10.1 Å². The van der Waals surface area contributed by atoms with Crippen molar-refractivity contribution in [2.24, 2.45) is 0 Å². The molecule has 0 spiro atoms. The fourth-order valence-corrected chi connectivity index (χ4v) is 4.80. The summed E-state index contributed by atoms with van der Waals surface area (Å²) in [6.45, 7) is 4.00. The average Bonchev–Trinajstić information content (AvgIpc) is 2.91. The molecule has 0 bridgehead atoms. The summed E-state index contributed by atoms with van der Waals surface area (Å²) in [4.78, 5) is 19.6. The molecule has 8 heteroatoms. The molecule has 192 valence electrons. The van der Waals surface area contributed by atoms with Gasteiger partial charge in [0.15, 0.2) is 11.5 Å². The lowest BCUT2D eigenvalue weighted by molar-refractivity contribution is 0.0906. The minimum atomic E-state index is -0.650. The number of amides is 1. The summed E-state index contributed by atoms with van der Waals surface area (Å²) in [5, 5.41) is 17.1. The van der Waals surface area contributed by atoms with Crippen molar-refractivity contribution in [2.75, 3.05) is 33.1 Å². The van der Waals surface area contributed by atoms with Crippen LogP contribution < -0.4 is 15.4 Å². The van der Waals surface area contributed by atoms with Crippen LogP contribution in [-0.2, 0) is 0 Å². The van der Waals surface area contributed by atoms with Crippen molar-refractivity contribution in [3.63, 3.8) is 0 Å². The summed E-state index contributed by atoms with van der Waals surface area (Å²) in [7, 11) is 5.72. The van der Waals surface area contributed by atoms with Crippen LogP contribution in [0.2, 0.25) is 0 Å². The normalized spacial score (nSPS) is 17.3. The number of anilines is 1. The number of methoxy groups -OCH3 is 1. The van der Waals surface area contributed by atoms with E-state index >= 15 is 0 Å². The Morgan fingerprint density at radius 3 is 2.59 bits per heavy atom. The number of rotatable bonds is 8. The van der Waals surface area contributed by atoms with Crippen LogP contribution in [0, 0.1) is 17.1 Å². The number of pyridine rings is 1. The second-order valence-electron chi connectivity index (χ2n) is 9.62. The van der Waals surface area contributed by atoms with Crippen molar-refractivity contribution in [1.82, 2.24) is 15.2 Å². The summed E-state index contributed by atoms with van der Waals surface area (Å²) in [6, 6.07) is 14.9. The number of hydrogen-bond acceptors (Lipinski definition) is 6. The summed E-state index contributed by atoms with van der Waals surface area (Å²) in [5.41, 5.74) is 2.11. The summed E-state index contributed by atoms with van der Waals surface area (Å²) >= 11 is 0. The van der Waals surface area contributed by atoms with Gasteiger partial charge in [0.2, 0.25) is 0 Å². The van der Waals surface area contributed by atoms with E-state index in [1.165, 1.54) is 6.07 Å². The number of hydrogen-bond donors (Lipinski definition) is 2. The molecule has 1 aliphatic carbocycles. The molecule has 1 aromatic heterocycles. The second kappa shape index (κ2) is 11.4. The Bertz CT molecular complexity index is 1360. The maximum atomic E-state index is 14.7. The number of ether oxygens (including phenoxy) is 1. The minimum absolute atomic E-state index is 0.0125. The van der Waals surface area contributed by atoms with Crippen molar-refractivity contribution >= 4 is 22.4 Å². The van der Waals surface area contributed by atoms with Crippen LogP contribution in [0.3, 0.4) is 0 Å². The molecule has 0 atom stereocenters. The van der Waals surface area contributed by atoms with Crippen molar-refractivity contribution in [1.29, 1.82) is 5.26 Å². The molecule has 0 saturated heterocycles. The summed E-state index contributed by atoms with van der Waals surface area (Å²) in [6.07, 6.45) is 3.70. The maximum absolute atomic E-state index is 14.7. The predicted molar refractivity (Wildman–Crippen MR) is 144 cm³/mol. The van der Waals surface area contributed by atoms with E-state index in [1.807, 2.05) is 36.4 Å². The van der Waals surface area contributed by atoms with Crippen molar-refractivity contribution < 1.29 is 13.9 Å².